The number of ether oxygens (including phenoxy) is 2. The molecule has 6 nitrogen and oxygen atoms in total. The van der Waals surface area contributed by atoms with Crippen LogP contribution < -0.4 is 9.64 Å². The molecule has 0 fully saturated rings. The second-order valence-electron chi connectivity index (χ2n) is 5.73. The lowest BCUT2D eigenvalue weighted by Gasteiger charge is -2.19. The van der Waals surface area contributed by atoms with Gasteiger partial charge in [0.05, 0.1) is 23.5 Å². The highest BCUT2D eigenvalue weighted by Gasteiger charge is 2.19. The van der Waals surface area contributed by atoms with E-state index in [0.29, 0.717) is 32.7 Å². The Kier molecular flexibility index (Phi) is 5.83. The summed E-state index contributed by atoms with van der Waals surface area (Å²) < 4.78 is 13.4. The van der Waals surface area contributed by atoms with Crippen molar-refractivity contribution in [1.82, 2.24) is 9.38 Å². The van der Waals surface area contributed by atoms with E-state index in [1.165, 1.54) is 12.0 Å². The van der Waals surface area contributed by atoms with Gasteiger partial charge in [-0.05, 0) is 47.1 Å². The minimum absolute atomic E-state index is 0.115. The highest BCUT2D eigenvalue weighted by Crippen LogP contribution is 2.35. The van der Waals surface area contributed by atoms with Crippen LogP contribution in [0.5, 0.6) is 5.75 Å². The third-order valence-corrected chi connectivity index (χ3v) is 5.79. The number of imidazole rings is 1. The van der Waals surface area contributed by atoms with E-state index in [9.17, 15) is 4.79 Å². The van der Waals surface area contributed by atoms with E-state index in [4.69, 9.17) is 32.7 Å². The minimum atomic E-state index is -0.534. The molecule has 0 radical (unpaired) electrons. The topological polar surface area (TPSA) is 56.1 Å². The average molecular weight is 473 g/mol. The summed E-state index contributed by atoms with van der Waals surface area (Å²) in [5.74, 6) is 0.588. The average Bonchev–Trinajstić information content (AvgIpc) is 2.95. The molecular weight excluding hydrogens is 457 g/mol. The highest BCUT2D eigenvalue weighted by atomic mass is 79.9. The van der Waals surface area contributed by atoms with Gasteiger partial charge >= 0.3 is 6.09 Å². The molecule has 3 aromatic rings. The Morgan fingerprint density at radius 1 is 1.33 bits per heavy atom. The Balaban J connectivity index is 1.93. The zero-order chi connectivity index (χ0) is 19.7. The van der Waals surface area contributed by atoms with E-state index in [1.807, 2.05) is 29.7 Å². The SMILES string of the molecule is COC(=O)N(C)c1ccc(Cl)c(COc2cccn3c(Br)c(C)nc23)c1Cl. The lowest BCUT2D eigenvalue weighted by Crippen LogP contribution is -2.26. The predicted molar refractivity (Wildman–Crippen MR) is 109 cm³/mol. The first-order valence-corrected chi connectivity index (χ1v) is 9.44. The van der Waals surface area contributed by atoms with E-state index >= 15 is 0 Å². The summed E-state index contributed by atoms with van der Waals surface area (Å²) in [6.07, 6.45) is 1.35. The second-order valence-corrected chi connectivity index (χ2v) is 7.27. The van der Waals surface area contributed by atoms with E-state index in [2.05, 4.69) is 20.9 Å². The molecule has 9 heteroatoms. The van der Waals surface area contributed by atoms with Crippen molar-refractivity contribution in [2.24, 2.45) is 0 Å². The second kappa shape index (κ2) is 7.96. The molecule has 2 aromatic heterocycles. The van der Waals surface area contributed by atoms with Crippen LogP contribution in [0.3, 0.4) is 0 Å². The maximum atomic E-state index is 11.8. The van der Waals surface area contributed by atoms with Crippen molar-refractivity contribution in [1.29, 1.82) is 0 Å². The number of amides is 1. The number of hydrogen-bond donors (Lipinski definition) is 0. The monoisotopic (exact) mass is 471 g/mol. The number of rotatable bonds is 4. The van der Waals surface area contributed by atoms with Crippen LogP contribution in [0.4, 0.5) is 10.5 Å². The normalized spacial score (nSPS) is 10.9. The molecule has 0 N–H and O–H groups in total. The number of pyridine rings is 1. The summed E-state index contributed by atoms with van der Waals surface area (Å²) >= 11 is 16.3. The Morgan fingerprint density at radius 2 is 2.07 bits per heavy atom. The zero-order valence-corrected chi connectivity index (χ0v) is 17.9. The third-order valence-electron chi connectivity index (χ3n) is 4.06. The number of aromatic nitrogens is 2. The van der Waals surface area contributed by atoms with E-state index in [-0.39, 0.29) is 6.61 Å². The van der Waals surface area contributed by atoms with Crippen molar-refractivity contribution in [2.45, 2.75) is 13.5 Å². The molecule has 0 bridgehead atoms. The number of methoxy groups -OCH3 is 1. The fourth-order valence-electron chi connectivity index (χ4n) is 2.60. The summed E-state index contributed by atoms with van der Waals surface area (Å²) in [6, 6.07) is 7.00. The van der Waals surface area contributed by atoms with Crippen molar-refractivity contribution in [2.75, 3.05) is 19.1 Å². The molecule has 3 rings (SSSR count). The number of halogens is 3. The van der Waals surface area contributed by atoms with Gasteiger partial charge in [-0.1, -0.05) is 23.2 Å². The fourth-order valence-corrected chi connectivity index (χ4v) is 3.58. The number of benzene rings is 1. The molecule has 0 saturated carbocycles. The van der Waals surface area contributed by atoms with Crippen LogP contribution in [0.2, 0.25) is 10.0 Å². The molecule has 27 heavy (non-hydrogen) atoms. The molecule has 0 spiro atoms. The van der Waals surface area contributed by atoms with Crippen LogP contribution in [-0.2, 0) is 11.3 Å². The Hall–Kier alpha value is -1.96. The van der Waals surface area contributed by atoms with Crippen LogP contribution in [0, 0.1) is 6.92 Å². The van der Waals surface area contributed by atoms with Gasteiger partial charge in [0.1, 0.15) is 11.2 Å². The smallest absolute Gasteiger partial charge is 0.413 e. The molecule has 0 atom stereocenters. The standard InChI is InChI=1S/C18H16BrCl2N3O3/c1-10-16(19)24-8-4-5-14(17(24)22-10)27-9-11-12(20)6-7-13(15(11)21)23(2)18(25)26-3/h4-8H,9H2,1-3H3. The first kappa shape index (κ1) is 19.8. The molecule has 0 aliphatic carbocycles. The maximum absolute atomic E-state index is 11.8. The fraction of sp³-hybridized carbons (Fsp3) is 0.222. The maximum Gasteiger partial charge on any atom is 0.413 e. The quantitative estimate of drug-likeness (QED) is 0.503. The number of nitrogens with zero attached hydrogens (tertiary/aromatic N) is 3. The number of fused-ring (bicyclic) bond motifs is 1. The number of carbonyl (C=O) groups excluding carboxylic acids is 1. The number of aryl methyl sites for hydroxylation is 1. The first-order chi connectivity index (χ1) is 12.8. The zero-order valence-electron chi connectivity index (χ0n) is 14.8. The molecule has 0 aliphatic rings. The summed E-state index contributed by atoms with van der Waals surface area (Å²) in [4.78, 5) is 17.6. The van der Waals surface area contributed by atoms with Crippen LogP contribution in [0.1, 0.15) is 11.3 Å². The Bertz CT molecular complexity index is 1020. The number of anilines is 1. The molecule has 1 amide bonds. The van der Waals surface area contributed by atoms with Crippen molar-refractivity contribution < 1.29 is 14.3 Å². The lowest BCUT2D eigenvalue weighted by atomic mass is 10.2. The predicted octanol–water partition coefficient (Wildman–Crippen LogP) is 5.49. The first-order valence-electron chi connectivity index (χ1n) is 7.89. The van der Waals surface area contributed by atoms with E-state index in [1.54, 1.807) is 19.2 Å². The van der Waals surface area contributed by atoms with Gasteiger partial charge in [0.15, 0.2) is 11.4 Å². The Labute approximate surface area is 174 Å². The van der Waals surface area contributed by atoms with E-state index in [0.717, 1.165) is 10.3 Å². The van der Waals surface area contributed by atoms with Crippen molar-refractivity contribution in [3.05, 3.63) is 56.4 Å². The van der Waals surface area contributed by atoms with Crippen molar-refractivity contribution >= 4 is 56.6 Å². The van der Waals surface area contributed by atoms with Crippen LogP contribution >= 0.6 is 39.1 Å². The van der Waals surface area contributed by atoms with Gasteiger partial charge in [-0.3, -0.25) is 9.30 Å². The lowest BCUT2D eigenvalue weighted by molar-refractivity contribution is 0.180. The van der Waals surface area contributed by atoms with Crippen LogP contribution in [-0.4, -0.2) is 29.6 Å². The number of hydrogen-bond acceptors (Lipinski definition) is 4. The van der Waals surface area contributed by atoms with Gasteiger partial charge in [0.25, 0.3) is 0 Å². The molecule has 0 aliphatic heterocycles. The van der Waals surface area contributed by atoms with Gasteiger partial charge in [0.2, 0.25) is 0 Å². The van der Waals surface area contributed by atoms with Gasteiger partial charge < -0.3 is 9.47 Å². The van der Waals surface area contributed by atoms with Gasteiger partial charge in [0, 0.05) is 23.8 Å². The van der Waals surface area contributed by atoms with Crippen molar-refractivity contribution in [3.63, 3.8) is 0 Å². The summed E-state index contributed by atoms with van der Waals surface area (Å²) in [5, 5.41) is 0.762. The van der Waals surface area contributed by atoms with E-state index < -0.39 is 6.09 Å². The molecule has 0 saturated heterocycles. The highest BCUT2D eigenvalue weighted by molar-refractivity contribution is 9.10. The van der Waals surface area contributed by atoms with Crippen LogP contribution in [0.25, 0.3) is 5.65 Å². The number of carbonyl (C=O) groups is 1. The summed E-state index contributed by atoms with van der Waals surface area (Å²) in [6.45, 7) is 2.02. The molecule has 1 aromatic carbocycles. The van der Waals surface area contributed by atoms with Gasteiger partial charge in [-0.15, -0.1) is 0 Å². The van der Waals surface area contributed by atoms with Crippen molar-refractivity contribution in [3.8, 4) is 5.75 Å². The molecule has 0 unspecified atom stereocenters. The largest absolute Gasteiger partial charge is 0.485 e. The van der Waals surface area contributed by atoms with Gasteiger partial charge in [-0.25, -0.2) is 9.78 Å². The third kappa shape index (κ3) is 3.72. The van der Waals surface area contributed by atoms with Crippen LogP contribution in [0.15, 0.2) is 35.1 Å². The summed E-state index contributed by atoms with van der Waals surface area (Å²) in [7, 11) is 2.87. The molecule has 2 heterocycles. The minimum Gasteiger partial charge on any atom is -0.485 e. The molecular formula is C18H16BrCl2N3O3. The summed E-state index contributed by atoms with van der Waals surface area (Å²) in [5.41, 5.74) is 2.57. The molecule has 142 valence electrons. The van der Waals surface area contributed by atoms with Gasteiger partial charge in [-0.2, -0.15) is 0 Å². The Morgan fingerprint density at radius 3 is 2.78 bits per heavy atom.